The Balaban J connectivity index is 2.17. The first kappa shape index (κ1) is 18.6. The van der Waals surface area contributed by atoms with Crippen molar-refractivity contribution in [2.45, 2.75) is 59.3 Å². The zero-order chi connectivity index (χ0) is 19.0. The SMILES string of the molecule is CC(C)c1ncc(-c2n[nH]c(-n3cccc(C(C)C)c3=O)c2C(C)C)s1. The quantitative estimate of drug-likeness (QED) is 0.683. The predicted molar refractivity (Wildman–Crippen MR) is 108 cm³/mol. The predicted octanol–water partition coefficient (Wildman–Crippen LogP) is 5.05. The van der Waals surface area contributed by atoms with Gasteiger partial charge in [0.05, 0.1) is 9.88 Å². The first-order chi connectivity index (χ1) is 12.3. The van der Waals surface area contributed by atoms with Crippen LogP contribution >= 0.6 is 11.3 Å². The van der Waals surface area contributed by atoms with E-state index in [1.165, 1.54) is 0 Å². The summed E-state index contributed by atoms with van der Waals surface area (Å²) in [5, 5.41) is 8.76. The van der Waals surface area contributed by atoms with E-state index in [0.29, 0.717) is 5.92 Å². The molecule has 0 aliphatic carbocycles. The molecule has 0 saturated heterocycles. The third-order valence-corrected chi connectivity index (χ3v) is 5.76. The summed E-state index contributed by atoms with van der Waals surface area (Å²) in [4.78, 5) is 18.5. The molecule has 5 nitrogen and oxygen atoms in total. The summed E-state index contributed by atoms with van der Waals surface area (Å²) in [5.41, 5.74) is 2.75. The first-order valence-corrected chi connectivity index (χ1v) is 9.89. The van der Waals surface area contributed by atoms with Crippen LogP contribution in [-0.4, -0.2) is 19.7 Å². The molecule has 3 rings (SSSR count). The molecule has 1 N–H and O–H groups in total. The largest absolute Gasteiger partial charge is 0.269 e. The van der Waals surface area contributed by atoms with Gasteiger partial charge in [-0.05, 0) is 17.9 Å². The van der Waals surface area contributed by atoms with E-state index in [9.17, 15) is 4.79 Å². The van der Waals surface area contributed by atoms with Gasteiger partial charge in [0.15, 0.2) is 0 Å². The van der Waals surface area contributed by atoms with Crippen LogP contribution in [0.3, 0.4) is 0 Å². The molecule has 0 aliphatic heterocycles. The van der Waals surface area contributed by atoms with Crippen molar-refractivity contribution in [3.63, 3.8) is 0 Å². The summed E-state index contributed by atoms with van der Waals surface area (Å²) in [5.74, 6) is 1.54. The molecule has 0 radical (unpaired) electrons. The molecule has 0 aromatic carbocycles. The normalized spacial score (nSPS) is 11.9. The standard InChI is InChI=1S/C20H26N4OS/c1-11(2)14-8-7-9-24(20(14)25)18-16(12(3)4)17(22-23-18)15-10-21-19(26-15)13(5)6/h7-13H,1-6H3,(H,22,23). The van der Waals surface area contributed by atoms with Crippen molar-refractivity contribution in [1.29, 1.82) is 0 Å². The van der Waals surface area contributed by atoms with Crippen molar-refractivity contribution >= 4 is 11.3 Å². The number of hydrogen-bond donors (Lipinski definition) is 1. The van der Waals surface area contributed by atoms with Crippen LogP contribution in [0.1, 0.15) is 75.4 Å². The Labute approximate surface area is 158 Å². The number of thiazole rings is 1. The highest BCUT2D eigenvalue weighted by Gasteiger charge is 2.22. The fourth-order valence-electron chi connectivity index (χ4n) is 3.05. The lowest BCUT2D eigenvalue weighted by molar-refractivity contribution is 0.793. The third-order valence-electron chi connectivity index (χ3n) is 4.45. The maximum Gasteiger partial charge on any atom is 0.259 e. The minimum Gasteiger partial charge on any atom is -0.269 e. The zero-order valence-corrected chi connectivity index (χ0v) is 17.0. The Morgan fingerprint density at radius 1 is 1.08 bits per heavy atom. The minimum atomic E-state index is 0.00627. The summed E-state index contributed by atoms with van der Waals surface area (Å²) in [7, 11) is 0. The number of H-pyrrole nitrogens is 1. The van der Waals surface area contributed by atoms with Crippen LogP contribution in [0.4, 0.5) is 0 Å². The van der Waals surface area contributed by atoms with Crippen molar-refractivity contribution in [2.24, 2.45) is 0 Å². The molecule has 6 heteroatoms. The summed E-state index contributed by atoms with van der Waals surface area (Å²) in [6, 6.07) is 3.82. The summed E-state index contributed by atoms with van der Waals surface area (Å²) in [6.45, 7) is 12.6. The van der Waals surface area contributed by atoms with Crippen LogP contribution in [0.2, 0.25) is 0 Å². The highest BCUT2D eigenvalue weighted by Crippen LogP contribution is 2.36. The Bertz CT molecular complexity index is 962. The molecular formula is C20H26N4OS. The smallest absolute Gasteiger partial charge is 0.259 e. The van der Waals surface area contributed by atoms with E-state index in [1.807, 2.05) is 38.4 Å². The van der Waals surface area contributed by atoms with Gasteiger partial charge in [-0.2, -0.15) is 5.10 Å². The average Bonchev–Trinajstić information content (AvgIpc) is 3.21. The highest BCUT2D eigenvalue weighted by molar-refractivity contribution is 7.15. The fraction of sp³-hybridized carbons (Fsp3) is 0.450. The van der Waals surface area contributed by atoms with Crippen molar-refractivity contribution in [2.75, 3.05) is 0 Å². The Morgan fingerprint density at radius 3 is 2.38 bits per heavy atom. The molecule has 26 heavy (non-hydrogen) atoms. The molecule has 0 saturated carbocycles. The Hall–Kier alpha value is -2.21. The van der Waals surface area contributed by atoms with Crippen molar-refractivity contribution in [3.05, 3.63) is 51.0 Å². The third kappa shape index (κ3) is 3.26. The second-order valence-electron chi connectivity index (χ2n) is 7.50. The number of nitrogens with one attached hydrogen (secondary N) is 1. The number of aromatic amines is 1. The lowest BCUT2D eigenvalue weighted by Gasteiger charge is -2.12. The van der Waals surface area contributed by atoms with Gasteiger partial charge >= 0.3 is 0 Å². The van der Waals surface area contributed by atoms with E-state index in [4.69, 9.17) is 0 Å². The number of hydrogen-bond acceptors (Lipinski definition) is 4. The van der Waals surface area contributed by atoms with Crippen LogP contribution in [0, 0.1) is 0 Å². The van der Waals surface area contributed by atoms with Crippen molar-refractivity contribution in [3.8, 4) is 16.4 Å². The van der Waals surface area contributed by atoms with Gasteiger partial charge in [0.25, 0.3) is 5.56 Å². The van der Waals surface area contributed by atoms with Gasteiger partial charge < -0.3 is 0 Å². The van der Waals surface area contributed by atoms with Gasteiger partial charge in [0, 0.05) is 29.4 Å². The van der Waals surface area contributed by atoms with E-state index in [2.05, 4.69) is 42.9 Å². The lowest BCUT2D eigenvalue weighted by Crippen LogP contribution is -2.23. The first-order valence-electron chi connectivity index (χ1n) is 9.07. The molecule has 0 amide bonds. The number of pyridine rings is 1. The molecule has 3 heterocycles. The second-order valence-corrected chi connectivity index (χ2v) is 8.56. The maximum absolute atomic E-state index is 12.9. The molecule has 0 fully saturated rings. The van der Waals surface area contributed by atoms with Crippen LogP contribution in [0.15, 0.2) is 29.3 Å². The fourth-order valence-corrected chi connectivity index (χ4v) is 3.97. The topological polar surface area (TPSA) is 63.6 Å². The van der Waals surface area contributed by atoms with Crippen LogP contribution in [0.25, 0.3) is 16.4 Å². The zero-order valence-electron chi connectivity index (χ0n) is 16.2. The molecular weight excluding hydrogens is 344 g/mol. The minimum absolute atomic E-state index is 0.00627. The second kappa shape index (κ2) is 7.19. The van der Waals surface area contributed by atoms with Gasteiger partial charge in [0.2, 0.25) is 0 Å². The van der Waals surface area contributed by atoms with E-state index in [1.54, 1.807) is 15.9 Å². The van der Waals surface area contributed by atoms with Crippen molar-refractivity contribution < 1.29 is 0 Å². The molecule has 0 aliphatic rings. The average molecular weight is 371 g/mol. The molecule has 3 aromatic rings. The van der Waals surface area contributed by atoms with Crippen molar-refractivity contribution in [1.82, 2.24) is 19.7 Å². The number of nitrogens with zero attached hydrogens (tertiary/aromatic N) is 3. The van der Waals surface area contributed by atoms with E-state index < -0.39 is 0 Å². The summed E-state index contributed by atoms with van der Waals surface area (Å²) >= 11 is 1.67. The summed E-state index contributed by atoms with van der Waals surface area (Å²) < 4.78 is 1.69. The molecule has 0 atom stereocenters. The molecule has 0 unspecified atom stereocenters. The van der Waals surface area contributed by atoms with E-state index in [-0.39, 0.29) is 17.4 Å². The Kier molecular flexibility index (Phi) is 5.14. The number of aromatic nitrogens is 4. The van der Waals surface area contributed by atoms with Gasteiger partial charge in [-0.1, -0.05) is 47.6 Å². The van der Waals surface area contributed by atoms with Crippen LogP contribution in [0.5, 0.6) is 0 Å². The van der Waals surface area contributed by atoms with Crippen LogP contribution in [-0.2, 0) is 0 Å². The molecule has 0 bridgehead atoms. The molecule has 3 aromatic heterocycles. The maximum atomic E-state index is 12.9. The van der Waals surface area contributed by atoms with Gasteiger partial charge in [0.1, 0.15) is 11.5 Å². The molecule has 138 valence electrons. The van der Waals surface area contributed by atoms with E-state index >= 15 is 0 Å². The van der Waals surface area contributed by atoms with Crippen LogP contribution < -0.4 is 5.56 Å². The lowest BCUT2D eigenvalue weighted by atomic mass is 10.0. The van der Waals surface area contributed by atoms with Gasteiger partial charge in [-0.3, -0.25) is 14.5 Å². The highest BCUT2D eigenvalue weighted by atomic mass is 32.1. The number of rotatable bonds is 5. The van der Waals surface area contributed by atoms with Gasteiger partial charge in [-0.15, -0.1) is 11.3 Å². The molecule has 0 spiro atoms. The Morgan fingerprint density at radius 2 is 1.81 bits per heavy atom. The monoisotopic (exact) mass is 370 g/mol. The van der Waals surface area contributed by atoms with E-state index in [0.717, 1.165) is 32.5 Å². The van der Waals surface area contributed by atoms with Gasteiger partial charge in [-0.25, -0.2) is 4.98 Å². The summed E-state index contributed by atoms with van der Waals surface area (Å²) in [6.07, 6.45) is 3.70.